The summed E-state index contributed by atoms with van der Waals surface area (Å²) in [5.74, 6) is -0.345. The molecule has 1 aromatic heterocycles. The van der Waals surface area contributed by atoms with Crippen molar-refractivity contribution in [3.05, 3.63) is 94.2 Å². The van der Waals surface area contributed by atoms with Crippen LogP contribution in [0.5, 0.6) is 0 Å². The van der Waals surface area contributed by atoms with Gasteiger partial charge in [0.1, 0.15) is 13.1 Å². The third-order valence-electron chi connectivity index (χ3n) is 7.31. The van der Waals surface area contributed by atoms with Gasteiger partial charge in [0.15, 0.2) is 12.1 Å². The van der Waals surface area contributed by atoms with Gasteiger partial charge >= 0.3 is 5.97 Å². The van der Waals surface area contributed by atoms with Gasteiger partial charge in [-0.2, -0.15) is 11.3 Å². The highest BCUT2D eigenvalue weighted by Crippen LogP contribution is 2.36. The first kappa shape index (κ1) is 25.8. The molecule has 0 saturated carbocycles. The number of esters is 1. The standard InChI is InChI=1S/C28H28N2O4S.CH4/c31-24(23-13-16-35-19-23)17-30-14-11-20(12-15-30)25(18-30)34-28(33)26(21-7-3-1-4-8-21)29-27(32)22-9-5-2-6-10-22;/h1-10,13,16,19-20,25-26H,11-12,14-15,17-18H2;1H4/p+1/t20?,25-,26?,30?;/m0./s1. The van der Waals surface area contributed by atoms with E-state index < -0.39 is 12.0 Å². The molecule has 2 bridgehead atoms. The Kier molecular flexibility index (Phi) is 8.01. The first-order valence-corrected chi connectivity index (χ1v) is 13.0. The monoisotopic (exact) mass is 505 g/mol. The number of ether oxygens (including phenoxy) is 1. The summed E-state index contributed by atoms with van der Waals surface area (Å²) in [6, 6.07) is 19.0. The van der Waals surface area contributed by atoms with Crippen molar-refractivity contribution in [2.24, 2.45) is 5.92 Å². The van der Waals surface area contributed by atoms with Gasteiger partial charge in [-0.1, -0.05) is 56.0 Å². The number of hydrogen-bond donors (Lipinski definition) is 1. The van der Waals surface area contributed by atoms with Crippen molar-refractivity contribution in [2.75, 3.05) is 26.2 Å². The summed E-state index contributed by atoms with van der Waals surface area (Å²) in [6.07, 6.45) is 1.60. The topological polar surface area (TPSA) is 72.5 Å². The summed E-state index contributed by atoms with van der Waals surface area (Å²) in [7, 11) is 0. The molecule has 36 heavy (non-hydrogen) atoms. The quantitative estimate of drug-likeness (QED) is 0.269. The SMILES string of the molecule is C.O=C(C[N+]12CCC(CC1)[C@@H](OC(=O)C(NC(=O)c1ccccc1)c1ccccc1)C2)c1ccsc1. The van der Waals surface area contributed by atoms with Crippen LogP contribution >= 0.6 is 11.3 Å². The van der Waals surface area contributed by atoms with Crippen LogP contribution in [-0.4, -0.2) is 54.4 Å². The minimum atomic E-state index is -0.903. The van der Waals surface area contributed by atoms with Gasteiger partial charge in [0.2, 0.25) is 5.78 Å². The smallest absolute Gasteiger partial charge is 0.333 e. The lowest BCUT2D eigenvalue weighted by Gasteiger charge is -2.51. The van der Waals surface area contributed by atoms with E-state index in [-0.39, 0.29) is 31.1 Å². The van der Waals surface area contributed by atoms with E-state index in [2.05, 4.69) is 5.32 Å². The Balaban J connectivity index is 0.00000304. The van der Waals surface area contributed by atoms with Crippen molar-refractivity contribution in [1.29, 1.82) is 0 Å². The van der Waals surface area contributed by atoms with E-state index in [4.69, 9.17) is 4.74 Å². The van der Waals surface area contributed by atoms with Crippen LogP contribution in [-0.2, 0) is 9.53 Å². The lowest BCUT2D eigenvalue weighted by molar-refractivity contribution is -0.938. The number of fused-ring (bicyclic) bond motifs is 3. The summed E-state index contributed by atoms with van der Waals surface area (Å²) in [6.45, 7) is 2.94. The maximum absolute atomic E-state index is 13.5. The number of hydrogen-bond acceptors (Lipinski definition) is 5. The molecule has 1 amide bonds. The third kappa shape index (κ3) is 5.58. The Hall–Kier alpha value is -3.29. The molecular weight excluding hydrogens is 472 g/mol. The van der Waals surface area contributed by atoms with Crippen LogP contribution in [0.15, 0.2) is 77.5 Å². The van der Waals surface area contributed by atoms with Crippen LogP contribution in [0.1, 0.15) is 52.6 Å². The molecule has 6 rings (SSSR count). The van der Waals surface area contributed by atoms with E-state index in [1.165, 1.54) is 11.3 Å². The zero-order chi connectivity index (χ0) is 24.3. The Labute approximate surface area is 216 Å². The zero-order valence-electron chi connectivity index (χ0n) is 19.5. The van der Waals surface area contributed by atoms with Crippen molar-refractivity contribution in [2.45, 2.75) is 32.4 Å². The van der Waals surface area contributed by atoms with Crippen molar-refractivity contribution in [1.82, 2.24) is 5.32 Å². The molecule has 6 nitrogen and oxygen atoms in total. The molecule has 0 radical (unpaired) electrons. The average Bonchev–Trinajstić information content (AvgIpc) is 3.44. The van der Waals surface area contributed by atoms with Crippen molar-refractivity contribution in [3.8, 4) is 0 Å². The third-order valence-corrected chi connectivity index (χ3v) is 7.99. The molecule has 3 fully saturated rings. The van der Waals surface area contributed by atoms with Crippen molar-refractivity contribution >= 4 is 29.0 Å². The number of carbonyl (C=O) groups is 3. The second kappa shape index (κ2) is 11.2. The Morgan fingerprint density at radius 1 is 0.944 bits per heavy atom. The molecule has 1 N–H and O–H groups in total. The number of carbonyl (C=O) groups excluding carboxylic acids is 3. The summed E-state index contributed by atoms with van der Waals surface area (Å²) >= 11 is 1.53. The number of rotatable bonds is 8. The van der Waals surface area contributed by atoms with Crippen molar-refractivity contribution < 1.29 is 23.6 Å². The predicted molar refractivity (Wildman–Crippen MR) is 141 cm³/mol. The molecule has 3 aliphatic heterocycles. The fraction of sp³-hybridized carbons (Fsp3) is 0.345. The maximum atomic E-state index is 13.5. The van der Waals surface area contributed by atoms with Crippen LogP contribution < -0.4 is 5.32 Å². The Morgan fingerprint density at radius 3 is 2.25 bits per heavy atom. The van der Waals surface area contributed by atoms with Gasteiger partial charge in [0, 0.05) is 35.3 Å². The van der Waals surface area contributed by atoms with Gasteiger partial charge in [0.25, 0.3) is 5.91 Å². The number of piperidine rings is 3. The fourth-order valence-corrected chi connectivity index (χ4v) is 6.00. The zero-order valence-corrected chi connectivity index (χ0v) is 20.3. The number of quaternary nitrogens is 1. The summed E-state index contributed by atoms with van der Waals surface area (Å²) in [4.78, 5) is 39.2. The van der Waals surface area contributed by atoms with Gasteiger partial charge in [-0.15, -0.1) is 0 Å². The van der Waals surface area contributed by atoms with Gasteiger partial charge in [-0.25, -0.2) is 4.79 Å². The van der Waals surface area contributed by atoms with Crippen LogP contribution in [0.25, 0.3) is 0 Å². The molecule has 4 heterocycles. The molecular formula is C29H33N2O4S+. The second-order valence-electron chi connectivity index (χ2n) is 9.56. The number of ketones is 1. The maximum Gasteiger partial charge on any atom is 0.333 e. The Bertz CT molecular complexity index is 1170. The number of nitrogens with zero attached hydrogens (tertiary/aromatic N) is 1. The number of amides is 1. The predicted octanol–water partition coefficient (Wildman–Crippen LogP) is 4.89. The molecule has 3 aromatic rings. The minimum absolute atomic E-state index is 0. The van der Waals surface area contributed by atoms with Gasteiger partial charge in [0.05, 0.1) is 13.1 Å². The molecule has 188 valence electrons. The molecule has 3 aliphatic rings. The first-order valence-electron chi connectivity index (χ1n) is 12.0. The van der Waals surface area contributed by atoms with Gasteiger partial charge in [-0.05, 0) is 29.1 Å². The largest absolute Gasteiger partial charge is 0.454 e. The molecule has 7 heteroatoms. The minimum Gasteiger partial charge on any atom is -0.454 e. The van der Waals surface area contributed by atoms with E-state index >= 15 is 0 Å². The first-order chi connectivity index (χ1) is 17.0. The van der Waals surface area contributed by atoms with Crippen LogP contribution in [0.3, 0.4) is 0 Å². The highest BCUT2D eigenvalue weighted by Gasteiger charge is 2.49. The highest BCUT2D eigenvalue weighted by atomic mass is 32.1. The highest BCUT2D eigenvalue weighted by molar-refractivity contribution is 7.08. The molecule has 0 spiro atoms. The average molecular weight is 506 g/mol. The molecule has 1 unspecified atom stereocenters. The van der Waals surface area contributed by atoms with E-state index in [0.717, 1.165) is 31.5 Å². The van der Waals surface area contributed by atoms with E-state index in [1.54, 1.807) is 24.3 Å². The summed E-state index contributed by atoms with van der Waals surface area (Å²) < 4.78 is 6.76. The number of Topliss-reactive ketones (excluding diaryl/α,β-unsaturated/α-hetero) is 1. The number of thiophene rings is 1. The second-order valence-corrected chi connectivity index (χ2v) is 10.3. The molecule has 2 aromatic carbocycles. The van der Waals surface area contributed by atoms with E-state index in [1.807, 2.05) is 53.2 Å². The van der Waals surface area contributed by atoms with Crippen LogP contribution in [0.4, 0.5) is 0 Å². The molecule has 2 atom stereocenters. The van der Waals surface area contributed by atoms with Crippen LogP contribution in [0, 0.1) is 5.92 Å². The fourth-order valence-electron chi connectivity index (χ4n) is 5.34. The van der Waals surface area contributed by atoms with Gasteiger partial charge in [-0.3, -0.25) is 9.59 Å². The van der Waals surface area contributed by atoms with Crippen LogP contribution in [0.2, 0.25) is 0 Å². The number of benzene rings is 2. The lowest BCUT2D eigenvalue weighted by atomic mass is 9.82. The lowest BCUT2D eigenvalue weighted by Crippen LogP contribution is -2.65. The van der Waals surface area contributed by atoms with E-state index in [0.29, 0.717) is 28.7 Å². The van der Waals surface area contributed by atoms with Crippen molar-refractivity contribution in [3.63, 3.8) is 0 Å². The molecule has 0 aliphatic carbocycles. The Morgan fingerprint density at radius 2 is 1.61 bits per heavy atom. The summed E-state index contributed by atoms with van der Waals surface area (Å²) in [5.41, 5.74) is 1.93. The van der Waals surface area contributed by atoms with Gasteiger partial charge < -0.3 is 14.5 Å². The summed E-state index contributed by atoms with van der Waals surface area (Å²) in [5, 5.41) is 6.69. The van der Waals surface area contributed by atoms with E-state index in [9.17, 15) is 14.4 Å². The number of nitrogens with one attached hydrogen (secondary N) is 1. The normalized spacial score (nSPS) is 23.2. The molecule has 3 saturated heterocycles.